The van der Waals surface area contributed by atoms with Crippen LogP contribution in [0.4, 0.5) is 0 Å². The number of aromatic nitrogens is 2. The van der Waals surface area contributed by atoms with Crippen molar-refractivity contribution in [3.8, 4) is 5.75 Å². The average molecular weight is 417 g/mol. The SMILES string of the molecule is O=C(Cn1c(=O)ccn(Cc2ccccc2)c1=O)N1CC=C(c2ccc(O)cc2)CC1. The highest BCUT2D eigenvalue weighted by Gasteiger charge is 2.20. The van der Waals surface area contributed by atoms with E-state index in [2.05, 4.69) is 0 Å². The maximum Gasteiger partial charge on any atom is 0.331 e. The molecule has 2 heterocycles. The van der Waals surface area contributed by atoms with Gasteiger partial charge in [0.15, 0.2) is 0 Å². The van der Waals surface area contributed by atoms with E-state index in [9.17, 15) is 19.5 Å². The van der Waals surface area contributed by atoms with Gasteiger partial charge in [-0.05, 0) is 35.3 Å². The minimum Gasteiger partial charge on any atom is -0.508 e. The number of hydrogen-bond donors (Lipinski definition) is 1. The van der Waals surface area contributed by atoms with Crippen molar-refractivity contribution >= 4 is 11.5 Å². The van der Waals surface area contributed by atoms with Gasteiger partial charge in [0.2, 0.25) is 5.91 Å². The molecule has 7 nitrogen and oxygen atoms in total. The summed E-state index contributed by atoms with van der Waals surface area (Å²) in [6.07, 6.45) is 4.10. The van der Waals surface area contributed by atoms with Gasteiger partial charge in [-0.1, -0.05) is 48.5 Å². The van der Waals surface area contributed by atoms with Crippen molar-refractivity contribution in [2.24, 2.45) is 0 Å². The number of carbonyl (C=O) groups excluding carboxylic acids is 1. The van der Waals surface area contributed by atoms with Gasteiger partial charge in [-0.3, -0.25) is 18.7 Å². The Labute approximate surface area is 179 Å². The molecule has 0 atom stereocenters. The third kappa shape index (κ3) is 4.66. The zero-order chi connectivity index (χ0) is 21.8. The molecule has 7 heteroatoms. The molecule has 1 aromatic heterocycles. The number of carbonyl (C=O) groups is 1. The Morgan fingerprint density at radius 2 is 1.71 bits per heavy atom. The Morgan fingerprint density at radius 1 is 0.968 bits per heavy atom. The summed E-state index contributed by atoms with van der Waals surface area (Å²) >= 11 is 0. The van der Waals surface area contributed by atoms with Crippen LogP contribution < -0.4 is 11.2 Å². The highest BCUT2D eigenvalue weighted by Crippen LogP contribution is 2.24. The van der Waals surface area contributed by atoms with Gasteiger partial charge in [0.05, 0.1) is 6.54 Å². The molecular formula is C24H23N3O4. The first-order chi connectivity index (χ1) is 15.0. The summed E-state index contributed by atoms with van der Waals surface area (Å²) in [6, 6.07) is 17.7. The van der Waals surface area contributed by atoms with Crippen molar-refractivity contribution in [2.75, 3.05) is 13.1 Å². The minimum atomic E-state index is -0.498. The lowest BCUT2D eigenvalue weighted by Crippen LogP contribution is -2.45. The second-order valence-corrected chi connectivity index (χ2v) is 7.50. The van der Waals surface area contributed by atoms with Gasteiger partial charge in [-0.15, -0.1) is 0 Å². The fourth-order valence-corrected chi connectivity index (χ4v) is 3.67. The number of aromatic hydroxyl groups is 1. The van der Waals surface area contributed by atoms with E-state index >= 15 is 0 Å². The predicted molar refractivity (Wildman–Crippen MR) is 118 cm³/mol. The number of hydrogen-bond acceptors (Lipinski definition) is 4. The molecule has 0 bridgehead atoms. The zero-order valence-electron chi connectivity index (χ0n) is 17.0. The van der Waals surface area contributed by atoms with Gasteiger partial charge >= 0.3 is 5.69 Å². The van der Waals surface area contributed by atoms with Gasteiger partial charge in [0.1, 0.15) is 12.3 Å². The highest BCUT2D eigenvalue weighted by atomic mass is 16.3. The molecule has 0 saturated carbocycles. The summed E-state index contributed by atoms with van der Waals surface area (Å²) in [7, 11) is 0. The first kappa shape index (κ1) is 20.4. The molecule has 0 saturated heterocycles. The normalized spacial score (nSPS) is 13.7. The summed E-state index contributed by atoms with van der Waals surface area (Å²) in [5, 5.41) is 9.43. The predicted octanol–water partition coefficient (Wildman–Crippen LogP) is 2.08. The number of rotatable bonds is 5. The molecule has 3 aromatic rings. The molecule has 4 rings (SSSR count). The number of phenols is 1. The van der Waals surface area contributed by atoms with Crippen LogP contribution in [0.15, 0.2) is 82.5 Å². The van der Waals surface area contributed by atoms with E-state index in [1.165, 1.54) is 16.8 Å². The van der Waals surface area contributed by atoms with Crippen LogP contribution >= 0.6 is 0 Å². The first-order valence-electron chi connectivity index (χ1n) is 10.1. The molecule has 0 aliphatic carbocycles. The molecule has 0 fully saturated rings. The third-order valence-electron chi connectivity index (χ3n) is 5.43. The molecule has 0 unspecified atom stereocenters. The Hall–Kier alpha value is -3.87. The van der Waals surface area contributed by atoms with Crippen molar-refractivity contribution in [2.45, 2.75) is 19.5 Å². The highest BCUT2D eigenvalue weighted by molar-refractivity contribution is 5.78. The summed E-state index contributed by atoms with van der Waals surface area (Å²) in [6.45, 7) is 0.965. The molecule has 1 aliphatic heterocycles. The molecule has 158 valence electrons. The van der Waals surface area contributed by atoms with Gasteiger partial charge in [0, 0.05) is 25.4 Å². The van der Waals surface area contributed by atoms with E-state index < -0.39 is 11.2 Å². The number of nitrogens with zero attached hydrogens (tertiary/aromatic N) is 3. The van der Waals surface area contributed by atoms with Gasteiger partial charge in [-0.25, -0.2) is 4.79 Å². The largest absolute Gasteiger partial charge is 0.508 e. The molecule has 0 spiro atoms. The van der Waals surface area contributed by atoms with Crippen LogP contribution in [0.25, 0.3) is 5.57 Å². The fourth-order valence-electron chi connectivity index (χ4n) is 3.67. The second kappa shape index (κ2) is 8.87. The summed E-state index contributed by atoms with van der Waals surface area (Å²) < 4.78 is 2.42. The zero-order valence-corrected chi connectivity index (χ0v) is 17.0. The average Bonchev–Trinajstić information content (AvgIpc) is 2.80. The van der Waals surface area contributed by atoms with E-state index in [0.717, 1.165) is 21.3 Å². The standard InChI is InChI=1S/C24H23N3O4/c28-21-8-6-19(7-9-21)20-10-13-25(14-11-20)23(30)17-27-22(29)12-15-26(24(27)31)16-18-4-2-1-3-5-18/h1-10,12,15,28H,11,13-14,16-17H2. The molecule has 1 amide bonds. The van der Waals surface area contributed by atoms with Crippen LogP contribution in [-0.4, -0.2) is 38.1 Å². The maximum atomic E-state index is 12.8. The fraction of sp³-hybridized carbons (Fsp3) is 0.208. The quantitative estimate of drug-likeness (QED) is 0.689. The third-order valence-corrected chi connectivity index (χ3v) is 5.43. The van der Waals surface area contributed by atoms with Crippen molar-refractivity contribution in [1.29, 1.82) is 0 Å². The smallest absolute Gasteiger partial charge is 0.331 e. The Kier molecular flexibility index (Phi) is 5.84. The van der Waals surface area contributed by atoms with E-state index in [1.54, 1.807) is 17.0 Å². The molecule has 31 heavy (non-hydrogen) atoms. The van der Waals surface area contributed by atoms with E-state index in [0.29, 0.717) is 26.1 Å². The number of amides is 1. The molecule has 1 aliphatic rings. The molecular weight excluding hydrogens is 394 g/mol. The summed E-state index contributed by atoms with van der Waals surface area (Å²) in [5.74, 6) is -0.0548. The lowest BCUT2D eigenvalue weighted by atomic mass is 9.99. The van der Waals surface area contributed by atoms with Gasteiger partial charge < -0.3 is 10.0 Å². The minimum absolute atomic E-state index is 0.211. The van der Waals surface area contributed by atoms with Crippen LogP contribution in [0, 0.1) is 0 Å². The molecule has 1 N–H and O–H groups in total. The Morgan fingerprint density at radius 3 is 2.39 bits per heavy atom. The first-order valence-corrected chi connectivity index (χ1v) is 10.1. The summed E-state index contributed by atoms with van der Waals surface area (Å²) in [4.78, 5) is 39.5. The second-order valence-electron chi connectivity index (χ2n) is 7.50. The van der Waals surface area contributed by atoms with Crippen molar-refractivity contribution in [3.63, 3.8) is 0 Å². The van der Waals surface area contributed by atoms with Gasteiger partial charge in [0.25, 0.3) is 5.56 Å². The number of benzene rings is 2. The van der Waals surface area contributed by atoms with Crippen molar-refractivity contribution in [3.05, 3.63) is 105 Å². The lowest BCUT2D eigenvalue weighted by molar-refractivity contribution is -0.131. The topological polar surface area (TPSA) is 84.5 Å². The van der Waals surface area contributed by atoms with Crippen LogP contribution in [0.3, 0.4) is 0 Å². The van der Waals surface area contributed by atoms with Crippen LogP contribution in [0.2, 0.25) is 0 Å². The van der Waals surface area contributed by atoms with E-state index in [4.69, 9.17) is 0 Å². The van der Waals surface area contributed by atoms with E-state index in [1.807, 2.05) is 48.5 Å². The Bertz CT molecular complexity index is 1220. The lowest BCUT2D eigenvalue weighted by Gasteiger charge is -2.27. The van der Waals surface area contributed by atoms with Crippen molar-refractivity contribution < 1.29 is 9.90 Å². The monoisotopic (exact) mass is 417 g/mol. The Balaban J connectivity index is 1.47. The van der Waals surface area contributed by atoms with E-state index in [-0.39, 0.29) is 18.2 Å². The molecule has 0 radical (unpaired) electrons. The number of phenolic OH excluding ortho intramolecular Hbond substituents is 1. The van der Waals surface area contributed by atoms with Gasteiger partial charge in [-0.2, -0.15) is 0 Å². The maximum absolute atomic E-state index is 12.8. The van der Waals surface area contributed by atoms with Crippen LogP contribution in [0.1, 0.15) is 17.5 Å². The summed E-state index contributed by atoms with van der Waals surface area (Å²) in [5.41, 5.74) is 2.06. The molecule has 2 aromatic carbocycles. The van der Waals surface area contributed by atoms with Crippen molar-refractivity contribution in [1.82, 2.24) is 14.0 Å². The van der Waals surface area contributed by atoms with Crippen LogP contribution in [0.5, 0.6) is 5.75 Å². The van der Waals surface area contributed by atoms with Crippen LogP contribution in [-0.2, 0) is 17.9 Å².